The molecule has 3 aromatic carbocycles. The average molecular weight is 466 g/mol. The lowest BCUT2D eigenvalue weighted by Gasteiger charge is -2.41. The maximum Gasteiger partial charge on any atom is 0.259 e. The van der Waals surface area contributed by atoms with Gasteiger partial charge in [0.15, 0.2) is 0 Å². The number of phenols is 2. The van der Waals surface area contributed by atoms with Gasteiger partial charge in [0.1, 0.15) is 17.3 Å². The van der Waals surface area contributed by atoms with Crippen LogP contribution in [0.5, 0.6) is 11.5 Å². The van der Waals surface area contributed by atoms with Gasteiger partial charge in [0, 0.05) is 16.9 Å². The van der Waals surface area contributed by atoms with E-state index in [1.807, 2.05) is 19.1 Å². The average Bonchev–Trinajstić information content (AvgIpc) is 2.85. The summed E-state index contributed by atoms with van der Waals surface area (Å²) in [5.41, 5.74) is 3.01. The fourth-order valence-corrected chi connectivity index (χ4v) is 4.54. The van der Waals surface area contributed by atoms with Crippen molar-refractivity contribution < 1.29 is 19.8 Å². The Morgan fingerprint density at radius 3 is 2.20 bits per heavy atom. The number of benzene rings is 3. The molecular formula is C28H23N3O4. The highest BCUT2D eigenvalue weighted by molar-refractivity contribution is 6.12. The molecule has 35 heavy (non-hydrogen) atoms. The number of anilines is 2. The molecule has 7 heteroatoms. The molecule has 0 saturated heterocycles. The number of nitrogens with one attached hydrogen (secondary N) is 1. The number of aromatic hydroxyl groups is 2. The highest BCUT2D eigenvalue weighted by atomic mass is 16.3. The third-order valence-corrected chi connectivity index (χ3v) is 6.12. The van der Waals surface area contributed by atoms with Gasteiger partial charge < -0.3 is 15.5 Å². The van der Waals surface area contributed by atoms with Crippen LogP contribution in [-0.4, -0.2) is 27.0 Å². The molecule has 0 bridgehead atoms. The van der Waals surface area contributed by atoms with Gasteiger partial charge in [-0.15, -0.1) is 0 Å². The van der Waals surface area contributed by atoms with Crippen molar-refractivity contribution in [2.24, 2.45) is 0 Å². The van der Waals surface area contributed by atoms with Crippen molar-refractivity contribution in [2.45, 2.75) is 18.9 Å². The highest BCUT2D eigenvalue weighted by Gasteiger charge is 2.45. The summed E-state index contributed by atoms with van der Waals surface area (Å²) >= 11 is 0. The van der Waals surface area contributed by atoms with E-state index in [1.165, 1.54) is 24.3 Å². The molecule has 5 rings (SSSR count). The summed E-state index contributed by atoms with van der Waals surface area (Å²) in [6.45, 7) is 1.84. The van der Waals surface area contributed by atoms with Crippen LogP contribution < -0.4 is 10.2 Å². The second-order valence-electron chi connectivity index (χ2n) is 8.45. The number of pyridine rings is 1. The topological polar surface area (TPSA) is 103 Å². The van der Waals surface area contributed by atoms with Crippen LogP contribution in [0.1, 0.15) is 39.1 Å². The van der Waals surface area contributed by atoms with Gasteiger partial charge in [0.05, 0.1) is 12.0 Å². The maximum absolute atomic E-state index is 13.9. The first-order valence-electron chi connectivity index (χ1n) is 11.2. The third kappa shape index (κ3) is 4.19. The van der Waals surface area contributed by atoms with Gasteiger partial charge >= 0.3 is 0 Å². The number of rotatable bonds is 4. The van der Waals surface area contributed by atoms with Crippen molar-refractivity contribution in [3.8, 4) is 11.5 Å². The minimum atomic E-state index is -0.774. The molecule has 7 nitrogen and oxygen atoms in total. The van der Waals surface area contributed by atoms with E-state index in [0.717, 1.165) is 5.69 Å². The summed E-state index contributed by atoms with van der Waals surface area (Å²) in [6, 6.07) is 24.5. The van der Waals surface area contributed by atoms with Crippen LogP contribution in [0, 0.1) is 6.92 Å². The number of fused-ring (bicyclic) bond motifs is 1. The number of carbonyl (C=O) groups is 2. The van der Waals surface area contributed by atoms with Crippen LogP contribution in [0.4, 0.5) is 11.5 Å². The van der Waals surface area contributed by atoms with E-state index < -0.39 is 12.0 Å². The number of aryl methyl sites for hydroxylation is 1. The lowest BCUT2D eigenvalue weighted by molar-refractivity contribution is -0.118. The Hall–Kier alpha value is -4.65. The Kier molecular flexibility index (Phi) is 5.66. The van der Waals surface area contributed by atoms with E-state index in [0.29, 0.717) is 28.2 Å². The fourth-order valence-electron chi connectivity index (χ4n) is 4.54. The summed E-state index contributed by atoms with van der Waals surface area (Å²) in [7, 11) is 0. The molecular weight excluding hydrogens is 442 g/mol. The number of nitrogens with zero attached hydrogens (tertiary/aromatic N) is 2. The van der Waals surface area contributed by atoms with E-state index in [9.17, 15) is 19.8 Å². The van der Waals surface area contributed by atoms with Gasteiger partial charge in [0.25, 0.3) is 5.91 Å². The van der Waals surface area contributed by atoms with Gasteiger partial charge in [0.2, 0.25) is 5.91 Å². The Labute approximate surface area is 202 Å². The zero-order valence-corrected chi connectivity index (χ0v) is 18.9. The normalized spacial score (nSPS) is 17.1. The maximum atomic E-state index is 13.9. The predicted molar refractivity (Wildman–Crippen MR) is 133 cm³/mol. The standard InChI is InChI=1S/C28H23N3O4/c1-17-5-4-8-24(29-17)30-27(34)25-22-6-2-3-7-23(22)28(35)31(19-11-15-21(33)16-12-19)26(25)18-9-13-20(32)14-10-18/h2-16,25-26,32-33H,1H3,(H,29,30,34)/t25-,26+/m0/s1. The molecule has 0 unspecified atom stereocenters. The molecule has 1 aromatic heterocycles. The zero-order valence-electron chi connectivity index (χ0n) is 18.9. The lowest BCUT2D eigenvalue weighted by Crippen LogP contribution is -2.46. The quantitative estimate of drug-likeness (QED) is 0.397. The number of aromatic nitrogens is 1. The first kappa shape index (κ1) is 22.2. The third-order valence-electron chi connectivity index (χ3n) is 6.12. The summed E-state index contributed by atoms with van der Waals surface area (Å²) in [5, 5.41) is 22.6. The molecule has 0 saturated carbocycles. The number of phenolic OH excluding ortho intramolecular Hbond substituents is 2. The Bertz CT molecular complexity index is 1400. The fraction of sp³-hybridized carbons (Fsp3) is 0.107. The molecule has 0 fully saturated rings. The monoisotopic (exact) mass is 465 g/mol. The van der Waals surface area contributed by atoms with E-state index in [1.54, 1.807) is 59.5 Å². The molecule has 1 aliphatic heterocycles. The highest BCUT2D eigenvalue weighted by Crippen LogP contribution is 2.45. The van der Waals surface area contributed by atoms with Gasteiger partial charge in [-0.1, -0.05) is 36.4 Å². The zero-order chi connectivity index (χ0) is 24.5. The van der Waals surface area contributed by atoms with Crippen molar-refractivity contribution in [1.82, 2.24) is 4.98 Å². The van der Waals surface area contributed by atoms with Crippen molar-refractivity contribution in [3.05, 3.63) is 113 Å². The van der Waals surface area contributed by atoms with E-state index in [2.05, 4.69) is 10.3 Å². The molecule has 0 radical (unpaired) electrons. The van der Waals surface area contributed by atoms with Gasteiger partial charge in [-0.2, -0.15) is 0 Å². The van der Waals surface area contributed by atoms with Crippen molar-refractivity contribution >= 4 is 23.3 Å². The number of amides is 2. The summed E-state index contributed by atoms with van der Waals surface area (Å²) in [6.07, 6.45) is 0. The molecule has 3 N–H and O–H groups in total. The molecule has 174 valence electrons. The molecule has 0 spiro atoms. The first-order chi connectivity index (χ1) is 16.9. The minimum Gasteiger partial charge on any atom is -0.508 e. The first-order valence-corrected chi connectivity index (χ1v) is 11.2. The van der Waals surface area contributed by atoms with Crippen LogP contribution in [0.25, 0.3) is 0 Å². The predicted octanol–water partition coefficient (Wildman–Crippen LogP) is 4.93. The van der Waals surface area contributed by atoms with Crippen LogP contribution in [0.3, 0.4) is 0 Å². The molecule has 4 aromatic rings. The van der Waals surface area contributed by atoms with Crippen LogP contribution >= 0.6 is 0 Å². The SMILES string of the molecule is Cc1cccc(NC(=O)[C@H]2c3ccccc3C(=O)N(c3ccc(O)cc3)[C@@H]2c2ccc(O)cc2)n1. The molecule has 2 atom stereocenters. The summed E-state index contributed by atoms with van der Waals surface area (Å²) in [4.78, 5) is 33.6. The van der Waals surface area contributed by atoms with E-state index >= 15 is 0 Å². The molecule has 1 aliphatic rings. The molecule has 0 aliphatic carbocycles. The Morgan fingerprint density at radius 2 is 1.51 bits per heavy atom. The van der Waals surface area contributed by atoms with Crippen molar-refractivity contribution in [2.75, 3.05) is 10.2 Å². The Morgan fingerprint density at radius 1 is 0.857 bits per heavy atom. The van der Waals surface area contributed by atoms with Gasteiger partial charge in [-0.25, -0.2) is 4.98 Å². The smallest absolute Gasteiger partial charge is 0.259 e. The van der Waals surface area contributed by atoms with Crippen LogP contribution in [0.2, 0.25) is 0 Å². The molecule has 2 amide bonds. The second kappa shape index (κ2) is 8.95. The number of hydrogen-bond donors (Lipinski definition) is 3. The number of carbonyl (C=O) groups excluding carboxylic acids is 2. The van der Waals surface area contributed by atoms with Crippen molar-refractivity contribution in [1.29, 1.82) is 0 Å². The van der Waals surface area contributed by atoms with Gasteiger partial charge in [-0.3, -0.25) is 14.5 Å². The van der Waals surface area contributed by atoms with Gasteiger partial charge in [-0.05, 0) is 72.6 Å². The largest absolute Gasteiger partial charge is 0.508 e. The minimum absolute atomic E-state index is 0.0691. The summed E-state index contributed by atoms with van der Waals surface area (Å²) in [5.74, 6) is -0.779. The second-order valence-corrected chi connectivity index (χ2v) is 8.45. The summed E-state index contributed by atoms with van der Waals surface area (Å²) < 4.78 is 0. The van der Waals surface area contributed by atoms with Crippen LogP contribution in [0.15, 0.2) is 91.0 Å². The molecule has 2 heterocycles. The lowest BCUT2D eigenvalue weighted by atomic mass is 9.78. The number of hydrogen-bond acceptors (Lipinski definition) is 5. The van der Waals surface area contributed by atoms with Crippen molar-refractivity contribution in [3.63, 3.8) is 0 Å². The van der Waals surface area contributed by atoms with Crippen LogP contribution in [-0.2, 0) is 4.79 Å². The van der Waals surface area contributed by atoms with E-state index in [4.69, 9.17) is 0 Å². The van der Waals surface area contributed by atoms with E-state index in [-0.39, 0.29) is 23.3 Å². The Balaban J connectivity index is 1.69.